The highest BCUT2D eigenvalue weighted by Gasteiger charge is 2.11. The summed E-state index contributed by atoms with van der Waals surface area (Å²) in [5.41, 5.74) is 0.329. The molecule has 0 heterocycles. The van der Waals surface area contributed by atoms with Gasteiger partial charge in [0, 0.05) is 5.39 Å². The van der Waals surface area contributed by atoms with Crippen molar-refractivity contribution >= 4 is 16.7 Å². The molecule has 3 heteroatoms. The summed E-state index contributed by atoms with van der Waals surface area (Å²) in [6.45, 7) is 2.97. The van der Waals surface area contributed by atoms with Gasteiger partial charge in [-0.05, 0) is 23.9 Å². The molecule has 0 saturated heterocycles. The van der Waals surface area contributed by atoms with E-state index in [9.17, 15) is 9.90 Å². The topological polar surface area (TPSA) is 46.5 Å². The first-order valence-corrected chi connectivity index (χ1v) is 13.1. The summed E-state index contributed by atoms with van der Waals surface area (Å²) in [4.78, 5) is 11.4. The van der Waals surface area contributed by atoms with Crippen molar-refractivity contribution in [2.75, 3.05) is 6.61 Å². The number of carbonyl (C=O) groups is 1. The Kier molecular flexibility index (Phi) is 13.6. The molecule has 0 aliphatic heterocycles. The summed E-state index contributed by atoms with van der Waals surface area (Å²) in [6.07, 6.45) is 21.8. The van der Waals surface area contributed by atoms with Gasteiger partial charge in [0.05, 0.1) is 12.2 Å². The van der Waals surface area contributed by atoms with Crippen LogP contribution in [-0.4, -0.2) is 17.7 Å². The van der Waals surface area contributed by atoms with Crippen LogP contribution >= 0.6 is 0 Å². The van der Waals surface area contributed by atoms with E-state index in [1.54, 1.807) is 12.1 Å². The highest BCUT2D eigenvalue weighted by molar-refractivity contribution is 6.05. The maximum atomic E-state index is 11.4. The molecule has 2 rings (SSSR count). The molecule has 0 radical (unpaired) electrons. The van der Waals surface area contributed by atoms with Crippen LogP contribution in [0.2, 0.25) is 0 Å². The summed E-state index contributed by atoms with van der Waals surface area (Å²) < 4.78 is 5.98. The van der Waals surface area contributed by atoms with Gasteiger partial charge in [0.25, 0.3) is 0 Å². The molecule has 0 saturated carbocycles. The van der Waals surface area contributed by atoms with Crippen LogP contribution in [0.4, 0.5) is 0 Å². The molecular weight excluding hydrogens is 396 g/mol. The second kappa shape index (κ2) is 16.6. The van der Waals surface area contributed by atoms with E-state index < -0.39 is 5.97 Å². The van der Waals surface area contributed by atoms with Gasteiger partial charge in [0.15, 0.2) is 0 Å². The lowest BCUT2D eigenvalue weighted by Crippen LogP contribution is -2.01. The van der Waals surface area contributed by atoms with E-state index in [-0.39, 0.29) is 0 Å². The molecule has 3 nitrogen and oxygen atoms in total. The molecule has 0 atom stereocenters. The molecule has 1 N–H and O–H groups in total. The minimum absolute atomic E-state index is 0.329. The number of carboxylic acid groups (broad SMARTS) is 1. The molecule has 0 amide bonds. The number of hydrogen-bond acceptors (Lipinski definition) is 2. The highest BCUT2D eigenvalue weighted by atomic mass is 16.5. The van der Waals surface area contributed by atoms with Crippen LogP contribution in [0.5, 0.6) is 5.75 Å². The molecule has 178 valence electrons. The zero-order chi connectivity index (χ0) is 22.9. The van der Waals surface area contributed by atoms with Crippen molar-refractivity contribution < 1.29 is 14.6 Å². The third-order valence-electron chi connectivity index (χ3n) is 6.37. The van der Waals surface area contributed by atoms with Crippen molar-refractivity contribution in [1.82, 2.24) is 0 Å². The van der Waals surface area contributed by atoms with Crippen LogP contribution in [0.3, 0.4) is 0 Å². The molecule has 0 spiro atoms. The van der Waals surface area contributed by atoms with Gasteiger partial charge in [-0.25, -0.2) is 4.79 Å². The largest absolute Gasteiger partial charge is 0.493 e. The molecule has 0 unspecified atom stereocenters. The number of hydrogen-bond donors (Lipinski definition) is 1. The van der Waals surface area contributed by atoms with Crippen molar-refractivity contribution in [2.24, 2.45) is 0 Å². The maximum absolute atomic E-state index is 11.4. The van der Waals surface area contributed by atoms with Crippen molar-refractivity contribution in [3.05, 3.63) is 42.0 Å². The van der Waals surface area contributed by atoms with Gasteiger partial charge in [-0.3, -0.25) is 0 Å². The third-order valence-corrected chi connectivity index (χ3v) is 6.37. The van der Waals surface area contributed by atoms with E-state index in [0.717, 1.165) is 22.9 Å². The van der Waals surface area contributed by atoms with E-state index in [1.165, 1.54) is 96.3 Å². The van der Waals surface area contributed by atoms with Crippen LogP contribution in [0, 0.1) is 0 Å². The Balaban J connectivity index is 1.46. The first kappa shape index (κ1) is 26.2. The molecule has 32 heavy (non-hydrogen) atoms. The lowest BCUT2D eigenvalue weighted by Gasteiger charge is -2.11. The average molecular weight is 441 g/mol. The Bertz CT molecular complexity index is 768. The van der Waals surface area contributed by atoms with E-state index >= 15 is 0 Å². The van der Waals surface area contributed by atoms with Crippen LogP contribution in [0.25, 0.3) is 10.8 Å². The number of carboxylic acids is 1. The number of rotatable bonds is 19. The van der Waals surface area contributed by atoms with Crippen LogP contribution in [0.15, 0.2) is 36.4 Å². The number of fused-ring (bicyclic) bond motifs is 1. The zero-order valence-corrected chi connectivity index (χ0v) is 20.2. The Morgan fingerprint density at radius 1 is 0.656 bits per heavy atom. The second-order valence-electron chi connectivity index (χ2n) is 9.11. The minimum Gasteiger partial charge on any atom is -0.493 e. The average Bonchev–Trinajstić information content (AvgIpc) is 2.80. The molecule has 2 aromatic carbocycles. The van der Waals surface area contributed by atoms with Gasteiger partial charge in [-0.15, -0.1) is 0 Å². The van der Waals surface area contributed by atoms with Gasteiger partial charge in [0.2, 0.25) is 0 Å². The van der Waals surface area contributed by atoms with Crippen molar-refractivity contribution in [3.63, 3.8) is 0 Å². The minimum atomic E-state index is -0.898. The van der Waals surface area contributed by atoms with Crippen molar-refractivity contribution in [2.45, 2.75) is 110 Å². The molecular formula is C29H44O3. The zero-order valence-electron chi connectivity index (χ0n) is 20.2. The Morgan fingerprint density at radius 2 is 1.12 bits per heavy atom. The van der Waals surface area contributed by atoms with E-state index in [4.69, 9.17) is 4.74 Å². The SMILES string of the molecule is CCCCCCCCCCCCCCCCCCOc1ccc(C(=O)O)c2ccccc12. The van der Waals surface area contributed by atoms with Crippen LogP contribution < -0.4 is 4.74 Å². The van der Waals surface area contributed by atoms with Gasteiger partial charge >= 0.3 is 5.97 Å². The molecule has 0 aromatic heterocycles. The summed E-state index contributed by atoms with van der Waals surface area (Å²) >= 11 is 0. The van der Waals surface area contributed by atoms with E-state index in [2.05, 4.69) is 6.92 Å². The molecule has 0 aliphatic rings. The van der Waals surface area contributed by atoms with Crippen LogP contribution in [0.1, 0.15) is 120 Å². The first-order valence-electron chi connectivity index (χ1n) is 13.1. The van der Waals surface area contributed by atoms with E-state index in [0.29, 0.717) is 12.2 Å². The predicted molar refractivity (Wildman–Crippen MR) is 136 cm³/mol. The fraction of sp³-hybridized carbons (Fsp3) is 0.621. The fourth-order valence-corrected chi connectivity index (χ4v) is 4.42. The smallest absolute Gasteiger partial charge is 0.336 e. The predicted octanol–water partition coefficient (Wildman–Crippen LogP) is 9.18. The molecule has 0 fully saturated rings. The monoisotopic (exact) mass is 440 g/mol. The van der Waals surface area contributed by atoms with E-state index in [1.807, 2.05) is 24.3 Å². The fourth-order valence-electron chi connectivity index (χ4n) is 4.42. The van der Waals surface area contributed by atoms with Gasteiger partial charge in [-0.2, -0.15) is 0 Å². The number of aromatic carboxylic acids is 1. The summed E-state index contributed by atoms with van der Waals surface area (Å²) in [5.74, 6) is -0.114. The quantitative estimate of drug-likeness (QED) is 0.221. The summed E-state index contributed by atoms with van der Waals surface area (Å²) in [6, 6.07) is 11.0. The lowest BCUT2D eigenvalue weighted by atomic mass is 10.0. The Labute approximate surface area is 195 Å². The summed E-state index contributed by atoms with van der Waals surface area (Å²) in [7, 11) is 0. The maximum Gasteiger partial charge on any atom is 0.336 e. The molecule has 0 aliphatic carbocycles. The number of benzene rings is 2. The normalized spacial score (nSPS) is 11.2. The van der Waals surface area contributed by atoms with Gasteiger partial charge in [-0.1, -0.05) is 128 Å². The van der Waals surface area contributed by atoms with Crippen molar-refractivity contribution in [3.8, 4) is 5.75 Å². The molecule has 0 bridgehead atoms. The highest BCUT2D eigenvalue weighted by Crippen LogP contribution is 2.29. The number of ether oxygens (including phenoxy) is 1. The Morgan fingerprint density at radius 3 is 1.62 bits per heavy atom. The molecule has 2 aromatic rings. The number of unbranched alkanes of at least 4 members (excludes halogenated alkanes) is 15. The standard InChI is InChI=1S/C29H44O3/c1-2-3-4-5-6-7-8-9-10-11-12-13-14-15-16-19-24-32-28-23-22-27(29(30)31)25-20-17-18-21-26(25)28/h17-18,20-23H,2-16,19,24H2,1H3,(H,30,31). The van der Waals surface area contributed by atoms with Crippen molar-refractivity contribution in [1.29, 1.82) is 0 Å². The third kappa shape index (κ3) is 10.1. The summed E-state index contributed by atoms with van der Waals surface area (Å²) in [5, 5.41) is 11.0. The van der Waals surface area contributed by atoms with Gasteiger partial charge in [0.1, 0.15) is 5.75 Å². The second-order valence-corrected chi connectivity index (χ2v) is 9.11. The first-order chi connectivity index (χ1) is 15.7. The van der Waals surface area contributed by atoms with Gasteiger partial charge < -0.3 is 9.84 Å². The van der Waals surface area contributed by atoms with Crippen LogP contribution in [-0.2, 0) is 0 Å². The Hall–Kier alpha value is -2.03. The lowest BCUT2D eigenvalue weighted by molar-refractivity contribution is 0.0699.